The van der Waals surface area contributed by atoms with Gasteiger partial charge in [-0.1, -0.05) is 12.1 Å². The van der Waals surface area contributed by atoms with Crippen LogP contribution in [0.15, 0.2) is 22.6 Å². The summed E-state index contributed by atoms with van der Waals surface area (Å²) in [6, 6.07) is 6.44. The van der Waals surface area contributed by atoms with Crippen LogP contribution < -0.4 is 10.2 Å². The van der Waals surface area contributed by atoms with Gasteiger partial charge in [0.2, 0.25) is 0 Å². The second kappa shape index (κ2) is 4.08. The second-order valence-corrected chi connectivity index (χ2v) is 4.67. The minimum atomic E-state index is 1.03. The molecule has 0 atom stereocenters. The van der Waals surface area contributed by atoms with Crippen LogP contribution in [0.25, 0.3) is 11.0 Å². The molecule has 0 aliphatic carbocycles. The Morgan fingerprint density at radius 2 is 1.94 bits per heavy atom. The minimum absolute atomic E-state index is 1.03. The summed E-state index contributed by atoms with van der Waals surface area (Å²) in [6.07, 6.45) is 0. The van der Waals surface area contributed by atoms with Crippen LogP contribution in [0, 0.1) is 13.8 Å². The van der Waals surface area contributed by atoms with Crippen molar-refractivity contribution < 1.29 is 4.42 Å². The zero-order valence-electron chi connectivity index (χ0n) is 10.4. The SMILES string of the molecule is Cc1oc2c(N3CCNCC3)cccc2c1C. The predicted octanol–water partition coefficient (Wildman–Crippen LogP) is 2.46. The maximum Gasteiger partial charge on any atom is 0.157 e. The van der Waals surface area contributed by atoms with Gasteiger partial charge in [-0.3, -0.25) is 0 Å². The van der Waals surface area contributed by atoms with Crippen molar-refractivity contribution in [2.24, 2.45) is 0 Å². The van der Waals surface area contributed by atoms with Gasteiger partial charge in [-0.15, -0.1) is 0 Å². The van der Waals surface area contributed by atoms with Crippen molar-refractivity contribution in [3.8, 4) is 0 Å². The molecule has 2 aromatic rings. The van der Waals surface area contributed by atoms with Gasteiger partial charge in [-0.2, -0.15) is 0 Å². The lowest BCUT2D eigenvalue weighted by Crippen LogP contribution is -2.43. The molecule has 90 valence electrons. The molecule has 1 fully saturated rings. The lowest BCUT2D eigenvalue weighted by molar-refractivity contribution is 0.562. The molecular weight excluding hydrogens is 212 g/mol. The monoisotopic (exact) mass is 230 g/mol. The summed E-state index contributed by atoms with van der Waals surface area (Å²) in [5.74, 6) is 1.03. The molecule has 0 spiro atoms. The molecule has 1 N–H and O–H groups in total. The average Bonchev–Trinajstić information content (AvgIpc) is 2.67. The number of nitrogens with one attached hydrogen (secondary N) is 1. The minimum Gasteiger partial charge on any atom is -0.459 e. The van der Waals surface area contributed by atoms with Crippen LogP contribution in [0.3, 0.4) is 0 Å². The van der Waals surface area contributed by atoms with Gasteiger partial charge < -0.3 is 14.6 Å². The van der Waals surface area contributed by atoms with Crippen LogP contribution in [0.2, 0.25) is 0 Å². The number of rotatable bonds is 1. The van der Waals surface area contributed by atoms with Crippen LogP contribution in [-0.4, -0.2) is 26.2 Å². The van der Waals surface area contributed by atoms with E-state index in [-0.39, 0.29) is 0 Å². The lowest BCUT2D eigenvalue weighted by atomic mass is 10.1. The van der Waals surface area contributed by atoms with Crippen LogP contribution in [-0.2, 0) is 0 Å². The Bertz CT molecular complexity index is 538. The Morgan fingerprint density at radius 1 is 1.18 bits per heavy atom. The third-order valence-corrected chi connectivity index (χ3v) is 3.64. The number of piperazine rings is 1. The Morgan fingerprint density at radius 3 is 2.71 bits per heavy atom. The number of hydrogen-bond acceptors (Lipinski definition) is 3. The molecule has 0 amide bonds. The summed E-state index contributed by atoms with van der Waals surface area (Å²) < 4.78 is 5.92. The fourth-order valence-corrected chi connectivity index (χ4v) is 2.50. The van der Waals surface area contributed by atoms with Gasteiger partial charge in [-0.05, 0) is 25.5 Å². The predicted molar refractivity (Wildman–Crippen MR) is 70.8 cm³/mol. The Kier molecular flexibility index (Phi) is 2.56. The zero-order chi connectivity index (χ0) is 11.8. The standard InChI is InChI=1S/C14H18N2O/c1-10-11(2)17-14-12(10)4-3-5-13(14)16-8-6-15-7-9-16/h3-5,15H,6-9H2,1-2H3. The average molecular weight is 230 g/mol. The van der Waals surface area contributed by atoms with Gasteiger partial charge in [0.15, 0.2) is 5.58 Å². The van der Waals surface area contributed by atoms with E-state index in [0.29, 0.717) is 0 Å². The molecule has 3 heteroatoms. The second-order valence-electron chi connectivity index (χ2n) is 4.67. The summed E-state index contributed by atoms with van der Waals surface area (Å²) in [6.45, 7) is 8.37. The Balaban J connectivity index is 2.12. The van der Waals surface area contributed by atoms with Crippen LogP contribution >= 0.6 is 0 Å². The van der Waals surface area contributed by atoms with Crippen LogP contribution in [0.1, 0.15) is 11.3 Å². The van der Waals surface area contributed by atoms with Gasteiger partial charge in [-0.25, -0.2) is 0 Å². The van der Waals surface area contributed by atoms with Crippen molar-refractivity contribution in [1.82, 2.24) is 5.32 Å². The highest BCUT2D eigenvalue weighted by Gasteiger charge is 2.16. The number of anilines is 1. The molecule has 1 aromatic carbocycles. The van der Waals surface area contributed by atoms with E-state index in [2.05, 4.69) is 35.3 Å². The van der Waals surface area contributed by atoms with E-state index >= 15 is 0 Å². The number of para-hydroxylation sites is 1. The maximum atomic E-state index is 5.92. The van der Waals surface area contributed by atoms with Crippen LogP contribution in [0.4, 0.5) is 5.69 Å². The lowest BCUT2D eigenvalue weighted by Gasteiger charge is -2.29. The molecule has 17 heavy (non-hydrogen) atoms. The van der Waals surface area contributed by atoms with E-state index in [1.807, 2.05) is 6.92 Å². The molecule has 3 rings (SSSR count). The molecular formula is C14H18N2O. The van der Waals surface area contributed by atoms with Crippen LogP contribution in [0.5, 0.6) is 0 Å². The molecule has 1 aliphatic heterocycles. The smallest absolute Gasteiger partial charge is 0.157 e. The third kappa shape index (κ3) is 1.71. The Hall–Kier alpha value is -1.48. The zero-order valence-corrected chi connectivity index (χ0v) is 10.4. The first-order chi connectivity index (χ1) is 8.27. The first-order valence-electron chi connectivity index (χ1n) is 6.22. The molecule has 1 saturated heterocycles. The van der Waals surface area contributed by atoms with E-state index in [9.17, 15) is 0 Å². The summed E-state index contributed by atoms with van der Waals surface area (Å²) in [5.41, 5.74) is 3.54. The fraction of sp³-hybridized carbons (Fsp3) is 0.429. The summed E-state index contributed by atoms with van der Waals surface area (Å²) >= 11 is 0. The number of furan rings is 1. The number of nitrogens with zero attached hydrogens (tertiary/aromatic N) is 1. The van der Waals surface area contributed by atoms with Gasteiger partial charge in [0.1, 0.15) is 5.76 Å². The van der Waals surface area contributed by atoms with Gasteiger partial charge in [0, 0.05) is 31.6 Å². The molecule has 3 nitrogen and oxygen atoms in total. The summed E-state index contributed by atoms with van der Waals surface area (Å²) in [5, 5.41) is 4.63. The van der Waals surface area contributed by atoms with Gasteiger partial charge in [0.05, 0.1) is 5.69 Å². The number of hydrogen-bond donors (Lipinski definition) is 1. The molecule has 0 bridgehead atoms. The number of benzene rings is 1. The van der Waals surface area contributed by atoms with Gasteiger partial charge in [0.25, 0.3) is 0 Å². The highest BCUT2D eigenvalue weighted by Crippen LogP contribution is 2.32. The summed E-state index contributed by atoms with van der Waals surface area (Å²) in [4.78, 5) is 2.40. The first kappa shape index (κ1) is 10.7. The van der Waals surface area contributed by atoms with E-state index in [4.69, 9.17) is 4.42 Å². The highest BCUT2D eigenvalue weighted by molar-refractivity contribution is 5.92. The quantitative estimate of drug-likeness (QED) is 0.815. The normalized spacial score (nSPS) is 16.7. The molecule has 0 radical (unpaired) electrons. The largest absolute Gasteiger partial charge is 0.459 e. The van der Waals surface area contributed by atoms with Crippen molar-refractivity contribution in [2.45, 2.75) is 13.8 Å². The fourth-order valence-electron chi connectivity index (χ4n) is 2.50. The first-order valence-corrected chi connectivity index (χ1v) is 6.22. The van der Waals surface area contributed by atoms with Crippen molar-refractivity contribution in [3.05, 3.63) is 29.5 Å². The number of aryl methyl sites for hydroxylation is 2. The van der Waals surface area contributed by atoms with Crippen molar-refractivity contribution in [1.29, 1.82) is 0 Å². The topological polar surface area (TPSA) is 28.4 Å². The van der Waals surface area contributed by atoms with E-state index in [1.165, 1.54) is 16.6 Å². The molecule has 0 saturated carbocycles. The molecule has 1 aliphatic rings. The van der Waals surface area contributed by atoms with E-state index < -0.39 is 0 Å². The number of fused-ring (bicyclic) bond motifs is 1. The molecule has 2 heterocycles. The van der Waals surface area contributed by atoms with Crippen molar-refractivity contribution >= 4 is 16.7 Å². The highest BCUT2D eigenvalue weighted by atomic mass is 16.3. The van der Waals surface area contributed by atoms with E-state index in [0.717, 1.165) is 37.5 Å². The van der Waals surface area contributed by atoms with Crippen molar-refractivity contribution in [2.75, 3.05) is 31.1 Å². The molecule has 1 aromatic heterocycles. The maximum absolute atomic E-state index is 5.92. The van der Waals surface area contributed by atoms with Crippen molar-refractivity contribution in [3.63, 3.8) is 0 Å². The Labute approximate surface area is 101 Å². The van der Waals surface area contributed by atoms with E-state index in [1.54, 1.807) is 0 Å². The third-order valence-electron chi connectivity index (χ3n) is 3.64. The van der Waals surface area contributed by atoms with Gasteiger partial charge >= 0.3 is 0 Å². The summed E-state index contributed by atoms with van der Waals surface area (Å²) in [7, 11) is 0. The molecule has 0 unspecified atom stereocenters.